The molecule has 0 aliphatic heterocycles. The topological polar surface area (TPSA) is 51.7 Å². The number of carbonyl (C=O) groups excluding carboxylic acids is 1. The van der Waals surface area contributed by atoms with Crippen LogP contribution in [-0.4, -0.2) is 43.1 Å². The number of ether oxygens (including phenoxy) is 2. The van der Waals surface area contributed by atoms with E-state index in [0.717, 1.165) is 0 Å². The SMILES string of the molecule is COc1ncccc1C(=O)N(C)CCOc1cccc(Cl)c1. The number of likely N-dealkylation sites (N-methyl/N-ethyl adjacent to an activating group) is 1. The van der Waals surface area contributed by atoms with Gasteiger partial charge in [-0.2, -0.15) is 0 Å². The zero-order chi connectivity index (χ0) is 15.9. The van der Waals surface area contributed by atoms with Crippen LogP contribution < -0.4 is 9.47 Å². The fourth-order valence-electron chi connectivity index (χ4n) is 1.88. The number of aromatic nitrogens is 1. The average Bonchev–Trinajstić information content (AvgIpc) is 2.54. The molecule has 0 radical (unpaired) electrons. The lowest BCUT2D eigenvalue weighted by Crippen LogP contribution is -2.31. The first-order chi connectivity index (χ1) is 10.6. The molecule has 1 heterocycles. The van der Waals surface area contributed by atoms with Crippen molar-refractivity contribution in [1.82, 2.24) is 9.88 Å². The Kier molecular flexibility index (Phi) is 5.61. The van der Waals surface area contributed by atoms with E-state index in [2.05, 4.69) is 4.98 Å². The van der Waals surface area contributed by atoms with Crippen LogP contribution in [0, 0.1) is 0 Å². The Morgan fingerprint density at radius 1 is 1.32 bits per heavy atom. The van der Waals surface area contributed by atoms with Crippen molar-refractivity contribution in [3.8, 4) is 11.6 Å². The second kappa shape index (κ2) is 7.66. The van der Waals surface area contributed by atoms with Crippen LogP contribution in [0.2, 0.25) is 5.02 Å². The van der Waals surface area contributed by atoms with Gasteiger partial charge in [0, 0.05) is 18.3 Å². The van der Waals surface area contributed by atoms with Gasteiger partial charge in [-0.05, 0) is 30.3 Å². The fraction of sp³-hybridized carbons (Fsp3) is 0.250. The van der Waals surface area contributed by atoms with Gasteiger partial charge in [0.25, 0.3) is 5.91 Å². The van der Waals surface area contributed by atoms with E-state index in [4.69, 9.17) is 21.1 Å². The number of carbonyl (C=O) groups is 1. The number of rotatable bonds is 6. The molecule has 0 saturated heterocycles. The minimum atomic E-state index is -0.167. The number of benzene rings is 1. The van der Waals surface area contributed by atoms with Gasteiger partial charge in [0.2, 0.25) is 5.88 Å². The summed E-state index contributed by atoms with van der Waals surface area (Å²) in [6, 6.07) is 10.5. The van der Waals surface area contributed by atoms with Crippen molar-refractivity contribution in [1.29, 1.82) is 0 Å². The zero-order valence-corrected chi connectivity index (χ0v) is 13.2. The number of nitrogens with zero attached hydrogens (tertiary/aromatic N) is 2. The summed E-state index contributed by atoms with van der Waals surface area (Å²) < 4.78 is 10.7. The molecule has 0 spiro atoms. The summed E-state index contributed by atoms with van der Waals surface area (Å²) in [5, 5.41) is 0.613. The molecule has 2 rings (SSSR count). The monoisotopic (exact) mass is 320 g/mol. The van der Waals surface area contributed by atoms with Gasteiger partial charge in [0.1, 0.15) is 17.9 Å². The van der Waals surface area contributed by atoms with Crippen LogP contribution >= 0.6 is 11.6 Å². The highest BCUT2D eigenvalue weighted by molar-refractivity contribution is 6.30. The molecule has 116 valence electrons. The predicted octanol–water partition coefficient (Wildman–Crippen LogP) is 2.89. The van der Waals surface area contributed by atoms with Gasteiger partial charge in [0.15, 0.2) is 0 Å². The molecule has 0 bridgehead atoms. The predicted molar refractivity (Wildman–Crippen MR) is 84.7 cm³/mol. The third-order valence-corrected chi connectivity index (χ3v) is 3.27. The quantitative estimate of drug-likeness (QED) is 0.821. The number of pyridine rings is 1. The summed E-state index contributed by atoms with van der Waals surface area (Å²) in [4.78, 5) is 17.9. The van der Waals surface area contributed by atoms with Crippen molar-refractivity contribution in [2.75, 3.05) is 27.3 Å². The van der Waals surface area contributed by atoms with Crippen molar-refractivity contribution in [3.05, 3.63) is 53.2 Å². The molecule has 0 fully saturated rings. The molecule has 5 nitrogen and oxygen atoms in total. The van der Waals surface area contributed by atoms with Gasteiger partial charge < -0.3 is 14.4 Å². The van der Waals surface area contributed by atoms with Gasteiger partial charge in [-0.1, -0.05) is 17.7 Å². The van der Waals surface area contributed by atoms with E-state index in [-0.39, 0.29) is 5.91 Å². The third-order valence-electron chi connectivity index (χ3n) is 3.03. The highest BCUT2D eigenvalue weighted by Gasteiger charge is 2.16. The first kappa shape index (κ1) is 16.1. The molecule has 0 atom stereocenters. The highest BCUT2D eigenvalue weighted by Crippen LogP contribution is 2.18. The summed E-state index contributed by atoms with van der Waals surface area (Å²) in [6.45, 7) is 0.800. The Morgan fingerprint density at radius 3 is 2.86 bits per heavy atom. The van der Waals surface area contributed by atoms with Crippen molar-refractivity contribution < 1.29 is 14.3 Å². The standard InChI is InChI=1S/C16H17ClN2O3/c1-19(9-10-22-13-6-3-5-12(17)11-13)16(20)14-7-4-8-18-15(14)21-2/h3-8,11H,9-10H2,1-2H3. The molecular weight excluding hydrogens is 304 g/mol. The molecule has 6 heteroatoms. The third kappa shape index (κ3) is 4.11. The van der Waals surface area contributed by atoms with E-state index in [0.29, 0.717) is 35.4 Å². The molecular formula is C16H17ClN2O3. The summed E-state index contributed by atoms with van der Waals surface area (Å²) in [6.07, 6.45) is 1.58. The van der Waals surface area contributed by atoms with E-state index in [1.54, 1.807) is 42.4 Å². The van der Waals surface area contributed by atoms with Crippen molar-refractivity contribution in [2.45, 2.75) is 0 Å². The zero-order valence-electron chi connectivity index (χ0n) is 12.5. The van der Waals surface area contributed by atoms with Crippen LogP contribution in [0.25, 0.3) is 0 Å². The van der Waals surface area contributed by atoms with Gasteiger partial charge in [0.05, 0.1) is 13.7 Å². The molecule has 2 aromatic rings. The fourth-order valence-corrected chi connectivity index (χ4v) is 2.06. The minimum Gasteiger partial charge on any atom is -0.492 e. The van der Waals surface area contributed by atoms with E-state index in [1.807, 2.05) is 12.1 Å². The Balaban J connectivity index is 1.91. The normalized spacial score (nSPS) is 10.1. The summed E-state index contributed by atoms with van der Waals surface area (Å²) in [5.74, 6) is 0.821. The maximum absolute atomic E-state index is 12.4. The van der Waals surface area contributed by atoms with Crippen LogP contribution in [0.15, 0.2) is 42.6 Å². The maximum Gasteiger partial charge on any atom is 0.259 e. The first-order valence-electron chi connectivity index (χ1n) is 6.74. The van der Waals surface area contributed by atoms with Crippen LogP contribution in [0.5, 0.6) is 11.6 Å². The molecule has 1 aromatic carbocycles. The van der Waals surface area contributed by atoms with Crippen LogP contribution in [-0.2, 0) is 0 Å². The summed E-state index contributed by atoms with van der Waals surface area (Å²) >= 11 is 5.88. The maximum atomic E-state index is 12.4. The molecule has 1 aromatic heterocycles. The molecule has 0 aliphatic rings. The van der Waals surface area contributed by atoms with Crippen molar-refractivity contribution in [2.24, 2.45) is 0 Å². The van der Waals surface area contributed by atoms with E-state index < -0.39 is 0 Å². The number of hydrogen-bond donors (Lipinski definition) is 0. The number of halogens is 1. The van der Waals surface area contributed by atoms with Gasteiger partial charge in [-0.15, -0.1) is 0 Å². The molecule has 0 unspecified atom stereocenters. The Bertz CT molecular complexity index is 649. The largest absolute Gasteiger partial charge is 0.492 e. The summed E-state index contributed by atoms with van der Waals surface area (Å²) in [5.41, 5.74) is 0.426. The Hall–Kier alpha value is -2.27. The number of amides is 1. The van der Waals surface area contributed by atoms with Crippen LogP contribution in [0.4, 0.5) is 0 Å². The molecule has 0 N–H and O–H groups in total. The lowest BCUT2D eigenvalue weighted by atomic mass is 10.2. The molecule has 0 aliphatic carbocycles. The van der Waals surface area contributed by atoms with Gasteiger partial charge >= 0.3 is 0 Å². The minimum absolute atomic E-state index is 0.167. The Labute approximate surface area is 134 Å². The second-order valence-electron chi connectivity index (χ2n) is 4.59. The average molecular weight is 321 g/mol. The molecule has 1 amide bonds. The molecule has 0 saturated carbocycles. The van der Waals surface area contributed by atoms with Crippen LogP contribution in [0.1, 0.15) is 10.4 Å². The smallest absolute Gasteiger partial charge is 0.259 e. The van der Waals surface area contributed by atoms with Crippen LogP contribution in [0.3, 0.4) is 0 Å². The van der Waals surface area contributed by atoms with Crippen molar-refractivity contribution in [3.63, 3.8) is 0 Å². The van der Waals surface area contributed by atoms with Gasteiger partial charge in [-0.3, -0.25) is 4.79 Å². The molecule has 22 heavy (non-hydrogen) atoms. The highest BCUT2D eigenvalue weighted by atomic mass is 35.5. The van der Waals surface area contributed by atoms with E-state index >= 15 is 0 Å². The van der Waals surface area contributed by atoms with Crippen molar-refractivity contribution >= 4 is 17.5 Å². The lowest BCUT2D eigenvalue weighted by molar-refractivity contribution is 0.0769. The summed E-state index contributed by atoms with van der Waals surface area (Å²) in [7, 11) is 3.19. The Morgan fingerprint density at radius 2 is 2.14 bits per heavy atom. The second-order valence-corrected chi connectivity index (χ2v) is 5.03. The first-order valence-corrected chi connectivity index (χ1v) is 7.12. The number of methoxy groups -OCH3 is 1. The van der Waals surface area contributed by atoms with E-state index in [1.165, 1.54) is 7.11 Å². The van der Waals surface area contributed by atoms with E-state index in [9.17, 15) is 4.79 Å². The number of hydrogen-bond acceptors (Lipinski definition) is 4. The van der Waals surface area contributed by atoms with Gasteiger partial charge in [-0.25, -0.2) is 4.98 Å². The lowest BCUT2D eigenvalue weighted by Gasteiger charge is -2.18.